The summed E-state index contributed by atoms with van der Waals surface area (Å²) in [5.74, 6) is -0.345. The molecule has 2 aromatic rings. The van der Waals surface area contributed by atoms with Gasteiger partial charge in [-0.05, 0) is 25.0 Å². The summed E-state index contributed by atoms with van der Waals surface area (Å²) in [5.41, 5.74) is -1.27. The number of carbonyl (C=O) groups excluding carboxylic acids is 1. The fourth-order valence-electron chi connectivity index (χ4n) is 2.23. The Balaban J connectivity index is 2.13. The molecule has 0 bridgehead atoms. The minimum Gasteiger partial charge on any atom is -0.490 e. The predicted octanol–water partition coefficient (Wildman–Crippen LogP) is 1.61. The Bertz CT molecular complexity index is 892. The van der Waals surface area contributed by atoms with Gasteiger partial charge in [-0.25, -0.2) is 9.59 Å². The van der Waals surface area contributed by atoms with E-state index >= 15 is 0 Å². The molecule has 3 rings (SSSR count). The molecular formula is C17H16N2O5. The topological polar surface area (TPSA) is 101 Å². The maximum absolute atomic E-state index is 12.2. The number of aromatic amines is 2. The first-order valence-electron chi connectivity index (χ1n) is 7.51. The number of ether oxygens (including phenoxy) is 2. The van der Waals surface area contributed by atoms with Crippen LogP contribution in [0.15, 0.2) is 46.5 Å². The first kappa shape index (κ1) is 15.8. The number of hydrogen-bond acceptors (Lipinski definition) is 5. The van der Waals surface area contributed by atoms with Crippen LogP contribution < -0.4 is 16.0 Å². The lowest BCUT2D eigenvalue weighted by Gasteiger charge is -2.13. The summed E-state index contributed by atoms with van der Waals surface area (Å²) in [6.45, 7) is 3.41. The SMILES string of the molecule is C=CCOC(=O)c1c(-c2ccccc2OC2CC2)[nH]c(=O)[nH]c1=O. The molecule has 1 heterocycles. The van der Waals surface area contributed by atoms with Gasteiger partial charge in [-0.1, -0.05) is 24.8 Å². The van der Waals surface area contributed by atoms with Crippen LogP contribution in [-0.4, -0.2) is 28.6 Å². The van der Waals surface area contributed by atoms with Crippen LogP contribution in [0.3, 0.4) is 0 Å². The molecule has 0 saturated heterocycles. The average Bonchev–Trinajstić information content (AvgIpc) is 3.36. The second kappa shape index (κ2) is 6.57. The summed E-state index contributed by atoms with van der Waals surface area (Å²) in [4.78, 5) is 40.6. The van der Waals surface area contributed by atoms with E-state index in [1.807, 2.05) is 4.98 Å². The van der Waals surface area contributed by atoms with Crippen LogP contribution in [-0.2, 0) is 4.74 Å². The van der Waals surface area contributed by atoms with Crippen molar-refractivity contribution < 1.29 is 14.3 Å². The minimum absolute atomic E-state index is 0.0446. The van der Waals surface area contributed by atoms with Crippen molar-refractivity contribution in [3.05, 3.63) is 63.3 Å². The van der Waals surface area contributed by atoms with Crippen molar-refractivity contribution in [2.24, 2.45) is 0 Å². The van der Waals surface area contributed by atoms with E-state index < -0.39 is 17.2 Å². The zero-order valence-corrected chi connectivity index (χ0v) is 12.8. The lowest BCUT2D eigenvalue weighted by molar-refractivity contribution is 0.0548. The van der Waals surface area contributed by atoms with Crippen LogP contribution in [0.25, 0.3) is 11.3 Å². The third-order valence-corrected chi connectivity index (χ3v) is 3.45. The van der Waals surface area contributed by atoms with Crippen molar-refractivity contribution in [3.8, 4) is 17.0 Å². The van der Waals surface area contributed by atoms with Crippen LogP contribution in [0.4, 0.5) is 0 Å². The van der Waals surface area contributed by atoms with Crippen molar-refractivity contribution >= 4 is 5.97 Å². The molecule has 1 fully saturated rings. The van der Waals surface area contributed by atoms with Crippen molar-refractivity contribution in [1.29, 1.82) is 0 Å². The Hall–Kier alpha value is -3.09. The third-order valence-electron chi connectivity index (χ3n) is 3.45. The maximum atomic E-state index is 12.2. The molecule has 7 nitrogen and oxygen atoms in total. The Labute approximate surface area is 136 Å². The van der Waals surface area contributed by atoms with Gasteiger partial charge < -0.3 is 14.5 Å². The minimum atomic E-state index is -0.844. The fourth-order valence-corrected chi connectivity index (χ4v) is 2.23. The second-order valence-electron chi connectivity index (χ2n) is 5.36. The zero-order chi connectivity index (χ0) is 17.1. The van der Waals surface area contributed by atoms with Gasteiger partial charge in [0.05, 0.1) is 11.8 Å². The van der Waals surface area contributed by atoms with E-state index in [9.17, 15) is 14.4 Å². The lowest BCUT2D eigenvalue weighted by Crippen LogP contribution is -2.30. The second-order valence-corrected chi connectivity index (χ2v) is 5.36. The highest BCUT2D eigenvalue weighted by atomic mass is 16.5. The molecule has 0 amide bonds. The molecule has 0 atom stereocenters. The van der Waals surface area contributed by atoms with Gasteiger partial charge in [-0.2, -0.15) is 0 Å². The molecule has 0 aliphatic heterocycles. The van der Waals surface area contributed by atoms with Crippen LogP contribution in [0.5, 0.6) is 5.75 Å². The number of rotatable bonds is 6. The number of carbonyl (C=O) groups is 1. The normalized spacial score (nSPS) is 13.3. The van der Waals surface area contributed by atoms with Gasteiger partial charge in [0, 0.05) is 5.56 Å². The first-order valence-corrected chi connectivity index (χ1v) is 7.51. The van der Waals surface area contributed by atoms with Gasteiger partial charge in [-0.3, -0.25) is 9.78 Å². The number of aromatic nitrogens is 2. The zero-order valence-electron chi connectivity index (χ0n) is 12.8. The molecule has 1 aliphatic rings. The summed E-state index contributed by atoms with van der Waals surface area (Å²) in [6, 6.07) is 6.91. The summed E-state index contributed by atoms with van der Waals surface area (Å²) in [6.07, 6.45) is 3.42. The summed E-state index contributed by atoms with van der Waals surface area (Å²) >= 11 is 0. The van der Waals surface area contributed by atoms with E-state index in [1.54, 1.807) is 24.3 Å². The highest BCUT2D eigenvalue weighted by Gasteiger charge is 2.27. The third kappa shape index (κ3) is 3.29. The maximum Gasteiger partial charge on any atom is 0.346 e. The molecule has 1 aromatic carbocycles. The monoisotopic (exact) mass is 328 g/mol. The van der Waals surface area contributed by atoms with Gasteiger partial charge in [0.1, 0.15) is 17.9 Å². The Morgan fingerprint density at radius 1 is 1.25 bits per heavy atom. The van der Waals surface area contributed by atoms with Crippen LogP contribution in [0.1, 0.15) is 23.2 Å². The van der Waals surface area contributed by atoms with Crippen molar-refractivity contribution in [3.63, 3.8) is 0 Å². The van der Waals surface area contributed by atoms with E-state index in [4.69, 9.17) is 9.47 Å². The van der Waals surface area contributed by atoms with Gasteiger partial charge in [0.2, 0.25) is 0 Å². The quantitative estimate of drug-likeness (QED) is 0.620. The smallest absolute Gasteiger partial charge is 0.346 e. The highest BCUT2D eigenvalue weighted by Crippen LogP contribution is 2.34. The van der Waals surface area contributed by atoms with Crippen LogP contribution in [0.2, 0.25) is 0 Å². The molecule has 1 saturated carbocycles. The van der Waals surface area contributed by atoms with E-state index in [2.05, 4.69) is 11.6 Å². The number of benzene rings is 1. The van der Waals surface area contributed by atoms with E-state index in [-0.39, 0.29) is 24.0 Å². The Kier molecular flexibility index (Phi) is 4.33. The Morgan fingerprint density at radius 2 is 2.00 bits per heavy atom. The summed E-state index contributed by atoms with van der Waals surface area (Å²) in [7, 11) is 0. The highest BCUT2D eigenvalue weighted by molar-refractivity contribution is 5.96. The summed E-state index contributed by atoms with van der Waals surface area (Å²) in [5, 5.41) is 0. The molecule has 0 radical (unpaired) electrons. The van der Waals surface area contributed by atoms with Gasteiger partial charge in [0.15, 0.2) is 0 Å². The number of hydrogen-bond donors (Lipinski definition) is 2. The van der Waals surface area contributed by atoms with Gasteiger partial charge in [0.25, 0.3) is 5.56 Å². The van der Waals surface area contributed by atoms with Crippen molar-refractivity contribution in [2.75, 3.05) is 6.61 Å². The molecule has 124 valence electrons. The van der Waals surface area contributed by atoms with Gasteiger partial charge in [-0.15, -0.1) is 0 Å². The molecule has 24 heavy (non-hydrogen) atoms. The standard InChI is InChI=1S/C17H16N2O5/c1-2-9-23-16(21)13-14(18-17(22)19-15(13)20)11-5-3-4-6-12(11)24-10-7-8-10/h2-6,10H,1,7-9H2,(H2,18,19,20,22). The van der Waals surface area contributed by atoms with E-state index in [0.717, 1.165) is 12.8 Å². The molecule has 7 heteroatoms. The first-order chi connectivity index (χ1) is 11.6. The Morgan fingerprint density at radius 3 is 2.71 bits per heavy atom. The van der Waals surface area contributed by atoms with Crippen LogP contribution in [0, 0.1) is 0 Å². The molecular weight excluding hydrogens is 312 g/mol. The van der Waals surface area contributed by atoms with E-state index in [1.165, 1.54) is 6.08 Å². The molecule has 1 aliphatic carbocycles. The fraction of sp³-hybridized carbons (Fsp3) is 0.235. The number of nitrogens with one attached hydrogen (secondary N) is 2. The molecule has 0 spiro atoms. The molecule has 2 N–H and O–H groups in total. The molecule has 1 aromatic heterocycles. The lowest BCUT2D eigenvalue weighted by atomic mass is 10.1. The van der Waals surface area contributed by atoms with E-state index in [0.29, 0.717) is 11.3 Å². The predicted molar refractivity (Wildman–Crippen MR) is 87.2 cm³/mol. The summed E-state index contributed by atoms with van der Waals surface area (Å²) < 4.78 is 10.8. The largest absolute Gasteiger partial charge is 0.490 e. The molecule has 0 unspecified atom stereocenters. The number of para-hydroxylation sites is 1. The average molecular weight is 328 g/mol. The van der Waals surface area contributed by atoms with Gasteiger partial charge >= 0.3 is 11.7 Å². The number of H-pyrrole nitrogens is 2. The van der Waals surface area contributed by atoms with Crippen molar-refractivity contribution in [1.82, 2.24) is 9.97 Å². The van der Waals surface area contributed by atoms with Crippen LogP contribution >= 0.6 is 0 Å². The van der Waals surface area contributed by atoms with Crippen molar-refractivity contribution in [2.45, 2.75) is 18.9 Å². The number of esters is 1.